The fourth-order valence-electron chi connectivity index (χ4n) is 1.89. The molecule has 82 valence electrons. The molecule has 0 saturated carbocycles. The Morgan fingerprint density at radius 1 is 1.53 bits per heavy atom. The lowest BCUT2D eigenvalue weighted by molar-refractivity contribution is 0.408. The van der Waals surface area contributed by atoms with Crippen molar-refractivity contribution in [2.45, 2.75) is 18.2 Å². The van der Waals surface area contributed by atoms with Crippen LogP contribution in [0.5, 0.6) is 5.75 Å². The third-order valence-electron chi connectivity index (χ3n) is 2.67. The molecule has 0 fully saturated rings. The van der Waals surface area contributed by atoms with Crippen molar-refractivity contribution in [3.8, 4) is 5.75 Å². The van der Waals surface area contributed by atoms with E-state index in [1.54, 1.807) is 24.9 Å². The lowest BCUT2D eigenvalue weighted by Crippen LogP contribution is -2.14. The summed E-state index contributed by atoms with van der Waals surface area (Å²) < 4.78 is 18.9. The molecule has 1 aliphatic rings. The summed E-state index contributed by atoms with van der Waals surface area (Å²) in [6.45, 7) is 0. The number of methoxy groups -OCH3 is 1. The van der Waals surface area contributed by atoms with E-state index in [1.807, 2.05) is 0 Å². The zero-order chi connectivity index (χ0) is 10.8. The van der Waals surface area contributed by atoms with Gasteiger partial charge in [0.1, 0.15) is 11.6 Å². The maximum Gasteiger partial charge on any atom is 0.128 e. The summed E-state index contributed by atoms with van der Waals surface area (Å²) in [4.78, 5) is 0. The Morgan fingerprint density at radius 2 is 2.33 bits per heavy atom. The van der Waals surface area contributed by atoms with Crippen LogP contribution in [0, 0.1) is 5.82 Å². The van der Waals surface area contributed by atoms with Gasteiger partial charge in [0.2, 0.25) is 0 Å². The molecule has 1 atom stereocenters. The molecule has 4 heteroatoms. The molecule has 0 spiro atoms. The molecule has 2 nitrogen and oxygen atoms in total. The van der Waals surface area contributed by atoms with Crippen LogP contribution in [-0.2, 0) is 5.75 Å². The van der Waals surface area contributed by atoms with Gasteiger partial charge in [-0.25, -0.2) is 4.39 Å². The average Bonchev–Trinajstić information content (AvgIpc) is 2.42. The average molecular weight is 227 g/mol. The molecule has 1 aromatic carbocycles. The van der Waals surface area contributed by atoms with Crippen molar-refractivity contribution in [2.75, 3.05) is 12.9 Å². The van der Waals surface area contributed by atoms with Gasteiger partial charge in [-0.2, -0.15) is 11.8 Å². The maximum absolute atomic E-state index is 13.7. The van der Waals surface area contributed by atoms with Crippen molar-refractivity contribution in [2.24, 2.45) is 5.73 Å². The molecule has 1 unspecified atom stereocenters. The van der Waals surface area contributed by atoms with E-state index in [0.717, 1.165) is 29.2 Å². The summed E-state index contributed by atoms with van der Waals surface area (Å²) >= 11 is 1.77. The van der Waals surface area contributed by atoms with Gasteiger partial charge in [0.05, 0.1) is 7.11 Å². The topological polar surface area (TPSA) is 35.2 Å². The highest BCUT2D eigenvalue weighted by molar-refractivity contribution is 7.98. The predicted octanol–water partition coefficient (Wildman–Crippen LogP) is 2.47. The molecule has 1 aliphatic heterocycles. The van der Waals surface area contributed by atoms with Gasteiger partial charge >= 0.3 is 0 Å². The van der Waals surface area contributed by atoms with Gasteiger partial charge in [-0.15, -0.1) is 0 Å². The first-order valence-electron chi connectivity index (χ1n) is 4.92. The molecular formula is C11H14FNOS. The number of nitrogens with two attached hydrogens (primary N) is 1. The van der Waals surface area contributed by atoms with Crippen LogP contribution in [0.1, 0.15) is 23.6 Å². The van der Waals surface area contributed by atoms with Gasteiger partial charge in [-0.3, -0.25) is 0 Å². The number of hydrogen-bond donors (Lipinski definition) is 1. The van der Waals surface area contributed by atoms with Crippen LogP contribution in [0.2, 0.25) is 0 Å². The van der Waals surface area contributed by atoms with Crippen LogP contribution in [0.4, 0.5) is 4.39 Å². The van der Waals surface area contributed by atoms with E-state index in [1.165, 1.54) is 6.07 Å². The number of hydrogen-bond acceptors (Lipinski definition) is 3. The molecule has 2 N–H and O–H groups in total. The van der Waals surface area contributed by atoms with E-state index in [4.69, 9.17) is 10.5 Å². The van der Waals surface area contributed by atoms with Gasteiger partial charge < -0.3 is 10.5 Å². The highest BCUT2D eigenvalue weighted by Gasteiger charge is 2.22. The van der Waals surface area contributed by atoms with Crippen molar-refractivity contribution >= 4 is 11.8 Å². The monoisotopic (exact) mass is 227 g/mol. The minimum absolute atomic E-state index is 0.204. The van der Waals surface area contributed by atoms with Crippen LogP contribution < -0.4 is 10.5 Å². The Balaban J connectivity index is 2.55. The van der Waals surface area contributed by atoms with E-state index in [9.17, 15) is 4.39 Å². The molecule has 0 saturated heterocycles. The molecule has 2 rings (SSSR count). The number of fused-ring (bicyclic) bond motifs is 1. The third kappa shape index (κ3) is 1.96. The van der Waals surface area contributed by atoms with E-state index in [2.05, 4.69) is 0 Å². The molecule has 1 heterocycles. The standard InChI is InChI=1S/C11H14FNOS/c1-14-10-3-2-8(12)11-7(10)6-15-5-4-9(11)13/h2-3,9H,4-6,13H2,1H3. The summed E-state index contributed by atoms with van der Waals surface area (Å²) in [6.07, 6.45) is 0.821. The lowest BCUT2D eigenvalue weighted by atomic mass is 9.98. The van der Waals surface area contributed by atoms with E-state index in [0.29, 0.717) is 5.56 Å². The summed E-state index contributed by atoms with van der Waals surface area (Å²) in [5.41, 5.74) is 7.52. The van der Waals surface area contributed by atoms with Crippen molar-refractivity contribution in [3.63, 3.8) is 0 Å². The van der Waals surface area contributed by atoms with E-state index < -0.39 is 0 Å². The van der Waals surface area contributed by atoms with Crippen molar-refractivity contribution in [1.82, 2.24) is 0 Å². The first-order valence-corrected chi connectivity index (χ1v) is 6.08. The fourth-order valence-corrected chi connectivity index (χ4v) is 2.95. The number of thioether (sulfide) groups is 1. The van der Waals surface area contributed by atoms with Crippen LogP contribution in [0.25, 0.3) is 0 Å². The third-order valence-corrected chi connectivity index (χ3v) is 3.69. The van der Waals surface area contributed by atoms with Crippen LogP contribution in [-0.4, -0.2) is 12.9 Å². The van der Waals surface area contributed by atoms with Gasteiger partial charge in [0, 0.05) is 22.9 Å². The smallest absolute Gasteiger partial charge is 0.128 e. The Hall–Kier alpha value is -0.740. The second-order valence-corrected chi connectivity index (χ2v) is 4.69. The van der Waals surface area contributed by atoms with Gasteiger partial charge in [-0.1, -0.05) is 0 Å². The molecule has 0 aromatic heterocycles. The van der Waals surface area contributed by atoms with Crippen molar-refractivity contribution in [3.05, 3.63) is 29.1 Å². The quantitative estimate of drug-likeness (QED) is 0.800. The Labute approximate surface area is 93.0 Å². The molecule has 0 aliphatic carbocycles. The Morgan fingerprint density at radius 3 is 3.07 bits per heavy atom. The minimum Gasteiger partial charge on any atom is -0.496 e. The van der Waals surface area contributed by atoms with Crippen LogP contribution in [0.3, 0.4) is 0 Å². The number of halogens is 1. The van der Waals surface area contributed by atoms with Gasteiger partial charge in [-0.05, 0) is 24.3 Å². The zero-order valence-corrected chi connectivity index (χ0v) is 9.44. The largest absolute Gasteiger partial charge is 0.496 e. The lowest BCUT2D eigenvalue weighted by Gasteiger charge is -2.15. The van der Waals surface area contributed by atoms with Crippen LogP contribution in [0.15, 0.2) is 12.1 Å². The Kier molecular flexibility index (Phi) is 3.17. The van der Waals surface area contributed by atoms with Crippen LogP contribution >= 0.6 is 11.8 Å². The summed E-state index contributed by atoms with van der Waals surface area (Å²) in [6, 6.07) is 2.91. The predicted molar refractivity (Wildman–Crippen MR) is 60.7 cm³/mol. The number of rotatable bonds is 1. The second-order valence-electron chi connectivity index (χ2n) is 3.59. The minimum atomic E-state index is -0.208. The Bertz CT molecular complexity index is 370. The molecular weight excluding hydrogens is 213 g/mol. The van der Waals surface area contributed by atoms with Crippen molar-refractivity contribution in [1.29, 1.82) is 0 Å². The normalized spacial score (nSPS) is 20.6. The SMILES string of the molecule is COc1ccc(F)c2c1CSCCC2N. The molecule has 0 amide bonds. The molecule has 1 aromatic rings. The van der Waals surface area contributed by atoms with E-state index >= 15 is 0 Å². The van der Waals surface area contributed by atoms with Crippen molar-refractivity contribution < 1.29 is 9.13 Å². The summed E-state index contributed by atoms with van der Waals surface area (Å²) in [7, 11) is 1.61. The number of benzene rings is 1. The zero-order valence-electron chi connectivity index (χ0n) is 8.63. The highest BCUT2D eigenvalue weighted by Crippen LogP contribution is 2.36. The summed E-state index contributed by atoms with van der Waals surface area (Å²) in [5, 5.41) is 0. The maximum atomic E-state index is 13.7. The molecule has 0 radical (unpaired) electrons. The second kappa shape index (κ2) is 4.41. The first-order chi connectivity index (χ1) is 7.24. The highest BCUT2D eigenvalue weighted by atomic mass is 32.2. The van der Waals surface area contributed by atoms with Gasteiger partial charge in [0.15, 0.2) is 0 Å². The molecule has 15 heavy (non-hydrogen) atoms. The fraction of sp³-hybridized carbons (Fsp3) is 0.455. The van der Waals surface area contributed by atoms with E-state index in [-0.39, 0.29) is 11.9 Å². The first kappa shape index (κ1) is 10.8. The number of ether oxygens (including phenoxy) is 1. The van der Waals surface area contributed by atoms with Gasteiger partial charge in [0.25, 0.3) is 0 Å². The molecule has 0 bridgehead atoms. The summed E-state index contributed by atoms with van der Waals surface area (Å²) in [5.74, 6) is 2.29.